The Hall–Kier alpha value is -3.75. The van der Waals surface area contributed by atoms with E-state index in [9.17, 15) is 28.8 Å². The first kappa shape index (κ1) is 26.5. The second-order valence-corrected chi connectivity index (χ2v) is 7.51. The summed E-state index contributed by atoms with van der Waals surface area (Å²) in [5, 5.41) is 4.00. The number of H-pyrrole nitrogens is 1. The molecule has 1 saturated heterocycles. The van der Waals surface area contributed by atoms with E-state index in [1.807, 2.05) is 0 Å². The summed E-state index contributed by atoms with van der Waals surface area (Å²) < 4.78 is 27.4. The van der Waals surface area contributed by atoms with Crippen LogP contribution in [-0.4, -0.2) is 83.8 Å². The number of aromatic amines is 1. The average Bonchev–Trinajstić information content (AvgIpc) is 2.68. The second kappa shape index (κ2) is 10.9. The first-order valence-corrected chi connectivity index (χ1v) is 10.0. The summed E-state index contributed by atoms with van der Waals surface area (Å²) in [5.74, 6) is -3.36. The highest BCUT2D eigenvalue weighted by Crippen LogP contribution is 2.33. The standard InChI is InChI=1S/C19H26N4O11/c1-8(24)30-7-12-13(31-9(2)25)14(32-10(3)26)15(33-11(4)27)18(34-12)23-19(29)20-17(28)16(21-23)22(5)6/h12-15,18H,7H2,1-6H3,(H,20,28,29)/t12-,13-,14+,15+,18-/m0/s1. The van der Waals surface area contributed by atoms with Crippen LogP contribution in [0.1, 0.15) is 33.9 Å². The highest BCUT2D eigenvalue weighted by atomic mass is 16.7. The molecule has 15 nitrogen and oxygen atoms in total. The SMILES string of the molecule is CC(=O)OC[C@@H]1O[C@H](n2nc(N(C)C)c(=O)[nH]c2=O)[C@H](OC(C)=O)[C@H](OC(C)=O)[C@H]1OC(C)=O. The Morgan fingerprint density at radius 1 is 0.912 bits per heavy atom. The van der Waals surface area contributed by atoms with Gasteiger partial charge in [-0.15, -0.1) is 5.10 Å². The summed E-state index contributed by atoms with van der Waals surface area (Å²) in [5.41, 5.74) is -1.83. The molecule has 1 aliphatic rings. The van der Waals surface area contributed by atoms with Crippen molar-refractivity contribution in [2.24, 2.45) is 0 Å². The highest BCUT2D eigenvalue weighted by Gasteiger charge is 2.53. The van der Waals surface area contributed by atoms with Crippen LogP contribution in [0.3, 0.4) is 0 Å². The van der Waals surface area contributed by atoms with Crippen molar-refractivity contribution < 1.29 is 42.9 Å². The Morgan fingerprint density at radius 3 is 1.94 bits per heavy atom. The Labute approximate surface area is 192 Å². The van der Waals surface area contributed by atoms with Gasteiger partial charge in [-0.05, 0) is 0 Å². The molecule has 1 N–H and O–H groups in total. The largest absolute Gasteiger partial charge is 0.463 e. The quantitative estimate of drug-likeness (QED) is 0.338. The fourth-order valence-electron chi connectivity index (χ4n) is 3.27. The molecule has 188 valence electrons. The first-order chi connectivity index (χ1) is 15.8. The van der Waals surface area contributed by atoms with Crippen molar-refractivity contribution in [3.8, 4) is 0 Å². The van der Waals surface area contributed by atoms with Crippen LogP contribution in [-0.2, 0) is 42.9 Å². The predicted molar refractivity (Wildman–Crippen MR) is 111 cm³/mol. The molecule has 0 unspecified atom stereocenters. The van der Waals surface area contributed by atoms with Gasteiger partial charge in [0.15, 0.2) is 24.5 Å². The number of carbonyl (C=O) groups is 4. The summed E-state index contributed by atoms with van der Waals surface area (Å²) >= 11 is 0. The molecule has 2 rings (SSSR count). The first-order valence-electron chi connectivity index (χ1n) is 10.0. The molecule has 0 spiro atoms. The molecule has 15 heteroatoms. The monoisotopic (exact) mass is 486 g/mol. The maximum atomic E-state index is 12.6. The Kier molecular flexibility index (Phi) is 8.51. The molecule has 1 fully saturated rings. The summed E-state index contributed by atoms with van der Waals surface area (Å²) in [4.78, 5) is 75.1. The third kappa shape index (κ3) is 6.40. The van der Waals surface area contributed by atoms with Gasteiger partial charge in [0.05, 0.1) is 0 Å². The minimum Gasteiger partial charge on any atom is -0.463 e. The minimum absolute atomic E-state index is 0.188. The zero-order chi connectivity index (χ0) is 25.7. The fourth-order valence-corrected chi connectivity index (χ4v) is 3.27. The van der Waals surface area contributed by atoms with Crippen LogP contribution in [0.2, 0.25) is 0 Å². The highest BCUT2D eigenvalue weighted by molar-refractivity contribution is 5.68. The number of esters is 4. The van der Waals surface area contributed by atoms with E-state index in [0.717, 1.165) is 27.7 Å². The lowest BCUT2D eigenvalue weighted by atomic mass is 9.97. The maximum Gasteiger partial charge on any atom is 0.347 e. The van der Waals surface area contributed by atoms with E-state index in [0.29, 0.717) is 4.68 Å². The number of anilines is 1. The lowest BCUT2D eigenvalue weighted by Gasteiger charge is -2.44. The predicted octanol–water partition coefficient (Wildman–Crippen LogP) is -1.75. The van der Waals surface area contributed by atoms with Crippen molar-refractivity contribution in [3.05, 3.63) is 20.8 Å². The van der Waals surface area contributed by atoms with Gasteiger partial charge in [0.2, 0.25) is 5.82 Å². The van der Waals surface area contributed by atoms with Crippen LogP contribution < -0.4 is 16.1 Å². The summed E-state index contributed by atoms with van der Waals surface area (Å²) in [6, 6.07) is 0. The summed E-state index contributed by atoms with van der Waals surface area (Å²) in [7, 11) is 3.00. The molecular formula is C19H26N4O11. The summed E-state index contributed by atoms with van der Waals surface area (Å²) in [6.45, 7) is 3.85. The van der Waals surface area contributed by atoms with E-state index in [1.54, 1.807) is 0 Å². The zero-order valence-corrected chi connectivity index (χ0v) is 19.4. The lowest BCUT2D eigenvalue weighted by Crippen LogP contribution is -2.62. The van der Waals surface area contributed by atoms with E-state index in [-0.39, 0.29) is 5.82 Å². The van der Waals surface area contributed by atoms with E-state index in [4.69, 9.17) is 23.7 Å². The van der Waals surface area contributed by atoms with Crippen LogP contribution in [0.5, 0.6) is 0 Å². The molecule has 0 bridgehead atoms. The van der Waals surface area contributed by atoms with Gasteiger partial charge >= 0.3 is 29.6 Å². The number of ether oxygens (including phenoxy) is 5. The van der Waals surface area contributed by atoms with E-state index >= 15 is 0 Å². The van der Waals surface area contributed by atoms with E-state index in [2.05, 4.69) is 10.1 Å². The second-order valence-electron chi connectivity index (χ2n) is 7.51. The number of nitrogens with one attached hydrogen (secondary N) is 1. The van der Waals surface area contributed by atoms with Crippen LogP contribution in [0.25, 0.3) is 0 Å². The third-order valence-corrected chi connectivity index (χ3v) is 4.47. The zero-order valence-electron chi connectivity index (χ0n) is 19.4. The number of nitrogens with zero attached hydrogens (tertiary/aromatic N) is 3. The number of aromatic nitrogens is 3. The van der Waals surface area contributed by atoms with Gasteiger partial charge in [-0.25, -0.2) is 4.79 Å². The van der Waals surface area contributed by atoms with Crippen molar-refractivity contribution >= 4 is 29.7 Å². The van der Waals surface area contributed by atoms with Gasteiger partial charge in [0, 0.05) is 41.8 Å². The molecule has 0 radical (unpaired) electrons. The molecule has 1 aliphatic heterocycles. The van der Waals surface area contributed by atoms with Gasteiger partial charge in [0.25, 0.3) is 5.56 Å². The molecule has 2 heterocycles. The van der Waals surface area contributed by atoms with Crippen molar-refractivity contribution in [2.45, 2.75) is 58.3 Å². The number of rotatable bonds is 7. The number of hydrogen-bond acceptors (Lipinski definition) is 13. The van der Waals surface area contributed by atoms with Gasteiger partial charge in [0.1, 0.15) is 12.7 Å². The maximum absolute atomic E-state index is 12.6. The van der Waals surface area contributed by atoms with Crippen molar-refractivity contribution in [1.82, 2.24) is 14.8 Å². The Morgan fingerprint density at radius 2 is 1.44 bits per heavy atom. The number of carbonyl (C=O) groups excluding carboxylic acids is 4. The van der Waals surface area contributed by atoms with Gasteiger partial charge in [-0.2, -0.15) is 4.68 Å². The lowest BCUT2D eigenvalue weighted by molar-refractivity contribution is -0.271. The summed E-state index contributed by atoms with van der Waals surface area (Å²) in [6.07, 6.45) is -7.30. The van der Waals surface area contributed by atoms with Crippen molar-refractivity contribution in [1.29, 1.82) is 0 Å². The van der Waals surface area contributed by atoms with Crippen LogP contribution in [0.15, 0.2) is 9.59 Å². The normalized spacial score (nSPS) is 24.0. The third-order valence-electron chi connectivity index (χ3n) is 4.47. The molecule has 0 aliphatic carbocycles. The number of hydrogen-bond donors (Lipinski definition) is 1. The van der Waals surface area contributed by atoms with E-state index in [1.165, 1.54) is 19.0 Å². The Balaban J connectivity index is 2.70. The molecule has 0 amide bonds. The molecule has 1 aromatic rings. The van der Waals surface area contributed by atoms with E-state index < -0.39 is 72.4 Å². The van der Waals surface area contributed by atoms with Crippen LogP contribution in [0, 0.1) is 0 Å². The fraction of sp³-hybridized carbons (Fsp3) is 0.632. The molecule has 5 atom stereocenters. The molecule has 0 aromatic carbocycles. The molecule has 1 aromatic heterocycles. The van der Waals surface area contributed by atoms with Crippen LogP contribution >= 0.6 is 0 Å². The minimum atomic E-state index is -1.58. The van der Waals surface area contributed by atoms with Gasteiger partial charge in [-0.3, -0.25) is 29.0 Å². The van der Waals surface area contributed by atoms with Crippen molar-refractivity contribution in [3.63, 3.8) is 0 Å². The van der Waals surface area contributed by atoms with Gasteiger partial charge < -0.3 is 28.6 Å². The van der Waals surface area contributed by atoms with Crippen molar-refractivity contribution in [2.75, 3.05) is 25.6 Å². The molecule has 0 saturated carbocycles. The smallest absolute Gasteiger partial charge is 0.347 e. The van der Waals surface area contributed by atoms with Gasteiger partial charge in [-0.1, -0.05) is 0 Å². The topological polar surface area (TPSA) is 185 Å². The molecule has 34 heavy (non-hydrogen) atoms. The Bertz CT molecular complexity index is 1060. The average molecular weight is 486 g/mol. The molecular weight excluding hydrogens is 460 g/mol. The van der Waals surface area contributed by atoms with Crippen LogP contribution in [0.4, 0.5) is 5.82 Å².